The topological polar surface area (TPSA) is 54.4 Å². The number of aromatic nitrogens is 1. The summed E-state index contributed by atoms with van der Waals surface area (Å²) >= 11 is 3.32. The summed E-state index contributed by atoms with van der Waals surface area (Å²) in [6, 6.07) is 12.6. The van der Waals surface area contributed by atoms with E-state index in [1.165, 1.54) is 0 Å². The molecule has 1 heterocycles. The standard InChI is InChI=1S/C14H12BrN3O/c1-10(13-4-2-3-9-16-13)17-18-14(19)11-5-7-12(15)8-6-11/h2-9H,1H3,(H,18,19)/b17-10-. The van der Waals surface area contributed by atoms with Crippen LogP contribution in [0.15, 0.2) is 58.2 Å². The van der Waals surface area contributed by atoms with Crippen LogP contribution in [0.25, 0.3) is 0 Å². The molecule has 1 N–H and O–H groups in total. The first-order chi connectivity index (χ1) is 9.16. The number of rotatable bonds is 3. The minimum atomic E-state index is -0.247. The molecule has 19 heavy (non-hydrogen) atoms. The number of halogens is 1. The monoisotopic (exact) mass is 317 g/mol. The number of hydrogen-bond acceptors (Lipinski definition) is 3. The molecule has 4 nitrogen and oxygen atoms in total. The van der Waals surface area contributed by atoms with Gasteiger partial charge in [0.15, 0.2) is 0 Å². The Morgan fingerprint density at radius 2 is 1.95 bits per heavy atom. The highest BCUT2D eigenvalue weighted by Crippen LogP contribution is 2.10. The highest BCUT2D eigenvalue weighted by molar-refractivity contribution is 9.10. The van der Waals surface area contributed by atoms with Crippen molar-refractivity contribution in [2.45, 2.75) is 6.92 Å². The maximum absolute atomic E-state index is 11.8. The third-order valence-corrected chi connectivity index (χ3v) is 3.00. The summed E-state index contributed by atoms with van der Waals surface area (Å²) in [5, 5.41) is 4.04. The van der Waals surface area contributed by atoms with Crippen LogP contribution in [0.5, 0.6) is 0 Å². The molecule has 0 radical (unpaired) electrons. The number of carbonyl (C=O) groups excluding carboxylic acids is 1. The first kappa shape index (κ1) is 13.4. The van der Waals surface area contributed by atoms with E-state index in [-0.39, 0.29) is 5.91 Å². The first-order valence-electron chi connectivity index (χ1n) is 5.68. The summed E-state index contributed by atoms with van der Waals surface area (Å²) in [5.41, 5.74) is 4.46. The predicted octanol–water partition coefficient (Wildman–Crippen LogP) is 3.00. The van der Waals surface area contributed by atoms with Crippen molar-refractivity contribution < 1.29 is 4.79 Å². The van der Waals surface area contributed by atoms with Gasteiger partial charge < -0.3 is 0 Å². The van der Waals surface area contributed by atoms with Gasteiger partial charge in [-0.1, -0.05) is 22.0 Å². The Kier molecular flexibility index (Phi) is 4.41. The molecule has 1 aromatic heterocycles. The molecule has 0 fully saturated rings. The zero-order valence-corrected chi connectivity index (χ0v) is 11.9. The van der Waals surface area contributed by atoms with Crippen molar-refractivity contribution in [3.8, 4) is 0 Å². The molecule has 0 aliphatic carbocycles. The molecule has 2 rings (SSSR count). The Hall–Kier alpha value is -2.01. The fraction of sp³-hybridized carbons (Fsp3) is 0.0714. The molecule has 0 saturated heterocycles. The van der Waals surface area contributed by atoms with E-state index in [2.05, 4.69) is 31.4 Å². The molecule has 0 saturated carbocycles. The number of nitrogens with zero attached hydrogens (tertiary/aromatic N) is 2. The van der Waals surface area contributed by atoms with Crippen LogP contribution in [0.4, 0.5) is 0 Å². The summed E-state index contributed by atoms with van der Waals surface area (Å²) in [5.74, 6) is -0.247. The lowest BCUT2D eigenvalue weighted by atomic mass is 10.2. The molecule has 0 bridgehead atoms. The van der Waals surface area contributed by atoms with Crippen molar-refractivity contribution in [2.75, 3.05) is 0 Å². The normalized spacial score (nSPS) is 11.2. The van der Waals surface area contributed by atoms with E-state index < -0.39 is 0 Å². The Balaban J connectivity index is 2.06. The van der Waals surface area contributed by atoms with Crippen LogP contribution in [0.2, 0.25) is 0 Å². The average Bonchev–Trinajstić information content (AvgIpc) is 2.46. The van der Waals surface area contributed by atoms with Crippen molar-refractivity contribution in [2.24, 2.45) is 5.10 Å². The minimum Gasteiger partial charge on any atom is -0.267 e. The lowest BCUT2D eigenvalue weighted by Crippen LogP contribution is -2.19. The fourth-order valence-corrected chi connectivity index (χ4v) is 1.70. The number of hydrazone groups is 1. The van der Waals surface area contributed by atoms with Gasteiger partial charge in [0.05, 0.1) is 11.4 Å². The van der Waals surface area contributed by atoms with Gasteiger partial charge >= 0.3 is 0 Å². The van der Waals surface area contributed by atoms with Crippen LogP contribution in [0.3, 0.4) is 0 Å². The number of pyridine rings is 1. The van der Waals surface area contributed by atoms with Gasteiger partial charge in [0.1, 0.15) is 0 Å². The second kappa shape index (κ2) is 6.24. The molecule has 1 aromatic carbocycles. The van der Waals surface area contributed by atoms with E-state index >= 15 is 0 Å². The predicted molar refractivity (Wildman–Crippen MR) is 78.1 cm³/mol. The number of nitrogens with one attached hydrogen (secondary N) is 1. The lowest BCUT2D eigenvalue weighted by molar-refractivity contribution is 0.0955. The van der Waals surface area contributed by atoms with Gasteiger partial charge in [0.25, 0.3) is 5.91 Å². The van der Waals surface area contributed by atoms with Crippen molar-refractivity contribution in [3.63, 3.8) is 0 Å². The third kappa shape index (κ3) is 3.72. The number of carbonyl (C=O) groups is 1. The highest BCUT2D eigenvalue weighted by Gasteiger charge is 2.04. The number of hydrogen-bond donors (Lipinski definition) is 1. The van der Waals surface area contributed by atoms with Crippen molar-refractivity contribution >= 4 is 27.5 Å². The number of amides is 1. The molecular weight excluding hydrogens is 306 g/mol. The largest absolute Gasteiger partial charge is 0.271 e. The van der Waals surface area contributed by atoms with Crippen LogP contribution in [-0.2, 0) is 0 Å². The molecule has 0 unspecified atom stereocenters. The summed E-state index contributed by atoms with van der Waals surface area (Å²) in [7, 11) is 0. The molecule has 0 aliphatic heterocycles. The van der Waals surface area contributed by atoms with E-state index in [1.807, 2.05) is 30.3 Å². The van der Waals surface area contributed by atoms with Crippen molar-refractivity contribution in [1.82, 2.24) is 10.4 Å². The smallest absolute Gasteiger partial charge is 0.267 e. The van der Waals surface area contributed by atoms with E-state index in [4.69, 9.17) is 0 Å². The van der Waals surface area contributed by atoms with Gasteiger partial charge in [-0.05, 0) is 43.3 Å². The molecular formula is C14H12BrN3O. The Morgan fingerprint density at radius 1 is 1.21 bits per heavy atom. The van der Waals surface area contributed by atoms with Gasteiger partial charge in [0, 0.05) is 16.2 Å². The van der Waals surface area contributed by atoms with Gasteiger partial charge in [-0.25, -0.2) is 5.43 Å². The van der Waals surface area contributed by atoms with Crippen LogP contribution >= 0.6 is 15.9 Å². The van der Waals surface area contributed by atoms with Crippen LogP contribution in [0.1, 0.15) is 23.0 Å². The summed E-state index contributed by atoms with van der Waals surface area (Å²) in [6.07, 6.45) is 1.69. The lowest BCUT2D eigenvalue weighted by Gasteiger charge is -2.02. The Morgan fingerprint density at radius 3 is 2.58 bits per heavy atom. The quantitative estimate of drug-likeness (QED) is 0.699. The molecule has 2 aromatic rings. The van der Waals surface area contributed by atoms with Gasteiger partial charge in [0.2, 0.25) is 0 Å². The minimum absolute atomic E-state index is 0.247. The van der Waals surface area contributed by atoms with E-state index in [0.29, 0.717) is 11.3 Å². The zero-order chi connectivity index (χ0) is 13.7. The van der Waals surface area contributed by atoms with Crippen LogP contribution < -0.4 is 5.43 Å². The van der Waals surface area contributed by atoms with Gasteiger partial charge in [-0.3, -0.25) is 9.78 Å². The average molecular weight is 318 g/mol. The molecule has 0 atom stereocenters. The van der Waals surface area contributed by atoms with E-state index in [9.17, 15) is 4.79 Å². The van der Waals surface area contributed by atoms with Gasteiger partial charge in [-0.2, -0.15) is 5.10 Å². The van der Waals surface area contributed by atoms with Crippen molar-refractivity contribution in [3.05, 3.63) is 64.4 Å². The third-order valence-electron chi connectivity index (χ3n) is 2.47. The highest BCUT2D eigenvalue weighted by atomic mass is 79.9. The first-order valence-corrected chi connectivity index (χ1v) is 6.48. The second-order valence-corrected chi connectivity index (χ2v) is 4.78. The summed E-state index contributed by atoms with van der Waals surface area (Å²) in [4.78, 5) is 16.0. The summed E-state index contributed by atoms with van der Waals surface area (Å²) < 4.78 is 0.928. The van der Waals surface area contributed by atoms with E-state index in [0.717, 1.165) is 10.2 Å². The molecule has 5 heteroatoms. The van der Waals surface area contributed by atoms with Crippen LogP contribution in [-0.4, -0.2) is 16.6 Å². The Bertz CT molecular complexity index is 594. The maximum atomic E-state index is 11.8. The molecule has 96 valence electrons. The second-order valence-electron chi connectivity index (χ2n) is 3.86. The molecule has 1 amide bonds. The fourth-order valence-electron chi connectivity index (χ4n) is 1.43. The Labute approximate surface area is 119 Å². The van der Waals surface area contributed by atoms with Crippen LogP contribution in [0, 0.1) is 0 Å². The molecule has 0 aliphatic rings. The maximum Gasteiger partial charge on any atom is 0.271 e. The zero-order valence-electron chi connectivity index (χ0n) is 10.3. The van der Waals surface area contributed by atoms with Gasteiger partial charge in [-0.15, -0.1) is 0 Å². The van der Waals surface area contributed by atoms with E-state index in [1.54, 1.807) is 25.3 Å². The molecule has 0 spiro atoms. The van der Waals surface area contributed by atoms with Crippen molar-refractivity contribution in [1.29, 1.82) is 0 Å². The summed E-state index contributed by atoms with van der Waals surface area (Å²) in [6.45, 7) is 1.80. The number of benzene rings is 1. The SMILES string of the molecule is C/C(=N/NC(=O)c1ccc(Br)cc1)c1ccccn1.